The number of likely N-dealkylation sites (tertiary alicyclic amines) is 1. The summed E-state index contributed by atoms with van der Waals surface area (Å²) in [5, 5.41) is 13.6. The summed E-state index contributed by atoms with van der Waals surface area (Å²) in [7, 11) is 8.78. The van der Waals surface area contributed by atoms with Crippen LogP contribution in [0.1, 0.15) is 43.0 Å². The van der Waals surface area contributed by atoms with Crippen LogP contribution in [0.4, 0.5) is 5.69 Å². The number of para-hydroxylation sites is 1. The molecule has 13 atom stereocenters. The fourth-order valence-electron chi connectivity index (χ4n) is 12.3. The summed E-state index contributed by atoms with van der Waals surface area (Å²) < 4.78 is 38.3. The van der Waals surface area contributed by atoms with Gasteiger partial charge in [-0.05, 0) is 43.9 Å². The van der Waals surface area contributed by atoms with Gasteiger partial charge in [0.15, 0.2) is 0 Å². The fourth-order valence-corrected chi connectivity index (χ4v) is 12.3. The van der Waals surface area contributed by atoms with Gasteiger partial charge in [0.2, 0.25) is 0 Å². The highest BCUT2D eigenvalue weighted by Crippen LogP contribution is 2.81. The van der Waals surface area contributed by atoms with Gasteiger partial charge in [-0.15, -0.1) is 0 Å². The third-order valence-electron chi connectivity index (χ3n) is 13.3. The Morgan fingerprint density at radius 2 is 1.86 bits per heavy atom. The number of anilines is 1. The Balaban J connectivity index is 1.43. The molecule has 1 heterocycles. The minimum atomic E-state index is -1.39. The van der Waals surface area contributed by atoms with Gasteiger partial charge >= 0.3 is 5.97 Å². The number of methoxy groups -OCH3 is 5. The van der Waals surface area contributed by atoms with E-state index < -0.39 is 34.1 Å². The molecule has 7 bridgehead atoms. The number of ether oxygens (including phenoxy) is 6. The summed E-state index contributed by atoms with van der Waals surface area (Å²) in [6, 6.07) is 6.75. The number of rotatable bonds is 9. The SMILES string of the molecule is CCN1CC2(COC(=O)c3ccccc3N)CCC(OC)C34C5CC6C(OC)CC(OC)(C5C6OC)C(O)(C(OC)C23)C14. The average Bonchev–Trinajstić information content (AvgIpc) is 3.42. The molecule has 0 aromatic heterocycles. The third kappa shape index (κ3) is 3.31. The Kier molecular flexibility index (Phi) is 7.03. The molecule has 10 nitrogen and oxygen atoms in total. The monoisotopic (exact) mass is 600 g/mol. The number of piperidine rings is 1. The normalized spacial score (nSPS) is 49.2. The van der Waals surface area contributed by atoms with Crippen molar-refractivity contribution in [2.75, 3.05) is 61.0 Å². The topological polar surface area (TPSA) is 122 Å². The lowest BCUT2D eigenvalue weighted by atomic mass is 9.42. The molecule has 0 radical (unpaired) electrons. The predicted octanol–water partition coefficient (Wildman–Crippen LogP) is 2.37. The lowest BCUT2D eigenvalue weighted by Gasteiger charge is -2.70. The fraction of sp³-hybridized carbons (Fsp3) is 0.788. The van der Waals surface area contributed by atoms with Crippen molar-refractivity contribution in [2.45, 2.75) is 74.3 Å². The van der Waals surface area contributed by atoms with Crippen LogP contribution in [0.3, 0.4) is 0 Å². The van der Waals surface area contributed by atoms with Crippen molar-refractivity contribution in [3.05, 3.63) is 29.8 Å². The smallest absolute Gasteiger partial charge is 0.340 e. The van der Waals surface area contributed by atoms with Crippen LogP contribution in [0, 0.1) is 34.5 Å². The van der Waals surface area contributed by atoms with E-state index >= 15 is 0 Å². The summed E-state index contributed by atoms with van der Waals surface area (Å²) in [6.45, 7) is 3.75. The van der Waals surface area contributed by atoms with Gasteiger partial charge in [-0.3, -0.25) is 4.90 Å². The first kappa shape index (κ1) is 29.9. The summed E-state index contributed by atoms with van der Waals surface area (Å²) >= 11 is 0. The molecule has 1 aromatic rings. The molecule has 1 saturated heterocycles. The van der Waals surface area contributed by atoms with Crippen LogP contribution in [0.25, 0.3) is 0 Å². The van der Waals surface area contributed by atoms with Crippen molar-refractivity contribution in [3.63, 3.8) is 0 Å². The number of nitrogens with two attached hydrogens (primary N) is 1. The van der Waals surface area contributed by atoms with Crippen LogP contribution in [0.2, 0.25) is 0 Å². The summed E-state index contributed by atoms with van der Waals surface area (Å²) in [5.74, 6) is -0.336. The Bertz CT molecular complexity index is 1270. The van der Waals surface area contributed by atoms with Gasteiger partial charge < -0.3 is 39.3 Å². The summed E-state index contributed by atoms with van der Waals surface area (Å²) in [6.07, 6.45) is 2.09. The minimum absolute atomic E-state index is 0.0697. The number of hydrogen-bond donors (Lipinski definition) is 2. The van der Waals surface area contributed by atoms with Crippen molar-refractivity contribution in [1.29, 1.82) is 0 Å². The van der Waals surface area contributed by atoms with E-state index in [0.717, 1.165) is 25.8 Å². The maximum absolute atomic E-state index is 13.6. The molecule has 13 unspecified atom stereocenters. The molecule has 1 aliphatic heterocycles. The molecule has 5 aliphatic carbocycles. The van der Waals surface area contributed by atoms with E-state index in [9.17, 15) is 9.90 Å². The number of benzene rings is 1. The van der Waals surface area contributed by atoms with E-state index in [-0.39, 0.29) is 54.6 Å². The molecule has 7 rings (SSSR count). The summed E-state index contributed by atoms with van der Waals surface area (Å²) in [5.41, 5.74) is 3.62. The number of likely N-dealkylation sites (N-methyl/N-ethyl adjacent to an activating group) is 1. The van der Waals surface area contributed by atoms with Crippen LogP contribution in [-0.4, -0.2) is 113 Å². The number of fused-ring (bicyclic) bond motifs is 2. The van der Waals surface area contributed by atoms with Crippen LogP contribution < -0.4 is 5.73 Å². The van der Waals surface area contributed by atoms with Crippen molar-refractivity contribution in [2.24, 2.45) is 34.5 Å². The number of esters is 1. The lowest BCUT2D eigenvalue weighted by molar-refractivity contribution is -0.326. The second-order valence-corrected chi connectivity index (χ2v) is 14.0. The molecule has 43 heavy (non-hydrogen) atoms. The molecule has 1 spiro atoms. The van der Waals surface area contributed by atoms with Gasteiger partial charge in [0.25, 0.3) is 0 Å². The Morgan fingerprint density at radius 1 is 1.09 bits per heavy atom. The van der Waals surface area contributed by atoms with E-state index in [2.05, 4.69) is 11.8 Å². The zero-order chi connectivity index (χ0) is 30.5. The predicted molar refractivity (Wildman–Crippen MR) is 157 cm³/mol. The van der Waals surface area contributed by atoms with Gasteiger partial charge in [0, 0.05) is 82.8 Å². The van der Waals surface area contributed by atoms with Crippen LogP contribution in [-0.2, 0) is 28.4 Å². The van der Waals surface area contributed by atoms with Gasteiger partial charge in [-0.25, -0.2) is 4.79 Å². The maximum atomic E-state index is 13.6. The molecular formula is C33H48N2O8. The van der Waals surface area contributed by atoms with E-state index in [4.69, 9.17) is 34.2 Å². The first-order valence-corrected chi connectivity index (χ1v) is 15.8. The number of nitrogen functional groups attached to an aromatic ring is 1. The van der Waals surface area contributed by atoms with Crippen molar-refractivity contribution >= 4 is 11.7 Å². The van der Waals surface area contributed by atoms with Crippen molar-refractivity contribution < 1.29 is 38.3 Å². The molecule has 0 amide bonds. The van der Waals surface area contributed by atoms with Gasteiger partial charge in [-0.2, -0.15) is 0 Å². The van der Waals surface area contributed by atoms with Crippen molar-refractivity contribution in [1.82, 2.24) is 4.90 Å². The van der Waals surface area contributed by atoms with E-state index in [1.54, 1.807) is 53.7 Å². The zero-order valence-corrected chi connectivity index (χ0v) is 26.3. The number of nitrogens with zero attached hydrogens (tertiary/aromatic N) is 1. The third-order valence-corrected chi connectivity index (χ3v) is 13.3. The first-order valence-electron chi connectivity index (χ1n) is 15.8. The number of carbonyl (C=O) groups is 1. The molecule has 1 aromatic carbocycles. The van der Waals surface area contributed by atoms with E-state index in [1.165, 1.54) is 0 Å². The van der Waals surface area contributed by atoms with Crippen LogP contribution in [0.15, 0.2) is 24.3 Å². The molecule has 6 aliphatic rings. The largest absolute Gasteiger partial charge is 0.461 e. The lowest BCUT2D eigenvalue weighted by Crippen LogP contribution is -2.82. The molecule has 10 heteroatoms. The quantitative estimate of drug-likeness (QED) is 0.323. The second-order valence-electron chi connectivity index (χ2n) is 14.0. The molecule has 238 valence electrons. The molecule has 3 N–H and O–H groups in total. The molecular weight excluding hydrogens is 552 g/mol. The molecule has 6 fully saturated rings. The standard InChI is InChI=1S/C33H48N2O8/c1-7-35-16-30(17-43-28(36)18-10-8-9-11-21(18)34)13-12-23(39-3)32-20-14-19-22(38-2)15-31(42-6,24(20)25(19)40-4)33(37,29(32)35)27(41-5)26(30)32/h8-11,19-20,22-27,29,37H,7,12-17,34H2,1-6H3. The number of carbonyl (C=O) groups excluding carboxylic acids is 1. The molecule has 5 saturated carbocycles. The highest BCUT2D eigenvalue weighted by atomic mass is 16.6. The Hall–Kier alpha value is -1.79. The average molecular weight is 601 g/mol. The Labute approximate surface area is 254 Å². The van der Waals surface area contributed by atoms with Gasteiger partial charge in [0.05, 0.1) is 42.6 Å². The van der Waals surface area contributed by atoms with Gasteiger partial charge in [-0.1, -0.05) is 19.1 Å². The number of hydrogen-bond acceptors (Lipinski definition) is 10. The first-order chi connectivity index (χ1) is 20.7. The zero-order valence-electron chi connectivity index (χ0n) is 26.3. The van der Waals surface area contributed by atoms with E-state index in [0.29, 0.717) is 24.2 Å². The minimum Gasteiger partial charge on any atom is -0.461 e. The Morgan fingerprint density at radius 3 is 2.49 bits per heavy atom. The maximum Gasteiger partial charge on any atom is 0.340 e. The van der Waals surface area contributed by atoms with Crippen molar-refractivity contribution in [3.8, 4) is 0 Å². The van der Waals surface area contributed by atoms with Crippen LogP contribution in [0.5, 0.6) is 0 Å². The second kappa shape index (κ2) is 10.1. The summed E-state index contributed by atoms with van der Waals surface area (Å²) in [4.78, 5) is 15.9. The number of aliphatic hydroxyl groups is 1. The van der Waals surface area contributed by atoms with Gasteiger partial charge in [0.1, 0.15) is 11.2 Å². The van der Waals surface area contributed by atoms with Crippen LogP contribution >= 0.6 is 0 Å². The highest BCUT2D eigenvalue weighted by Gasteiger charge is 2.92. The van der Waals surface area contributed by atoms with E-state index in [1.807, 2.05) is 6.07 Å². The highest BCUT2D eigenvalue weighted by molar-refractivity contribution is 5.95.